The maximum absolute atomic E-state index is 11.7. The third-order valence-corrected chi connectivity index (χ3v) is 2.37. The van der Waals surface area contributed by atoms with Crippen LogP contribution in [-0.4, -0.2) is 31.2 Å². The molecule has 0 aliphatic rings. The zero-order valence-electron chi connectivity index (χ0n) is 9.37. The highest BCUT2D eigenvalue weighted by Crippen LogP contribution is 2.10. The number of methoxy groups -OCH3 is 1. The van der Waals surface area contributed by atoms with Crippen LogP contribution >= 0.6 is 11.6 Å². The Morgan fingerprint density at radius 2 is 2.44 bits per heavy atom. The van der Waals surface area contributed by atoms with E-state index in [1.54, 1.807) is 25.4 Å². The lowest BCUT2D eigenvalue weighted by atomic mass is 10.2. The van der Waals surface area contributed by atoms with Gasteiger partial charge in [0.2, 0.25) is 0 Å². The van der Waals surface area contributed by atoms with Crippen molar-refractivity contribution in [2.45, 2.75) is 6.92 Å². The van der Waals surface area contributed by atoms with Gasteiger partial charge < -0.3 is 10.1 Å². The number of carbonyl (C=O) groups excluding carboxylic acids is 1. The summed E-state index contributed by atoms with van der Waals surface area (Å²) in [7, 11) is 1.64. The van der Waals surface area contributed by atoms with E-state index in [1.165, 1.54) is 0 Å². The summed E-state index contributed by atoms with van der Waals surface area (Å²) in [5.74, 6) is 0.0606. The maximum atomic E-state index is 11.7. The maximum Gasteiger partial charge on any atom is 0.254 e. The predicted octanol–water partition coefficient (Wildman–Crippen LogP) is 1.75. The second-order valence-corrected chi connectivity index (χ2v) is 3.97. The quantitative estimate of drug-likeness (QED) is 0.801. The second-order valence-electron chi connectivity index (χ2n) is 3.61. The lowest BCUT2D eigenvalue weighted by Gasteiger charge is -2.11. The smallest absolute Gasteiger partial charge is 0.254 e. The molecule has 0 saturated heterocycles. The van der Waals surface area contributed by atoms with Crippen molar-refractivity contribution >= 4 is 17.5 Å². The second kappa shape index (κ2) is 6.45. The summed E-state index contributed by atoms with van der Waals surface area (Å²) in [6.45, 7) is 3.16. The van der Waals surface area contributed by atoms with Crippen molar-refractivity contribution in [2.24, 2.45) is 5.92 Å². The van der Waals surface area contributed by atoms with E-state index in [4.69, 9.17) is 16.3 Å². The summed E-state index contributed by atoms with van der Waals surface area (Å²) in [6.07, 6.45) is 1.55. The zero-order valence-corrected chi connectivity index (χ0v) is 10.1. The summed E-state index contributed by atoms with van der Waals surface area (Å²) in [5.41, 5.74) is 0.397. The lowest BCUT2D eigenvalue weighted by molar-refractivity contribution is 0.0934. The molecule has 5 heteroatoms. The average Bonchev–Trinajstić information content (AvgIpc) is 2.27. The number of hydrogen-bond donors (Lipinski definition) is 1. The van der Waals surface area contributed by atoms with Gasteiger partial charge in [0.1, 0.15) is 5.15 Å². The Hall–Kier alpha value is -1.13. The van der Waals surface area contributed by atoms with Gasteiger partial charge >= 0.3 is 0 Å². The molecule has 1 heterocycles. The topological polar surface area (TPSA) is 51.2 Å². The largest absolute Gasteiger partial charge is 0.384 e. The number of carbonyl (C=O) groups is 1. The third-order valence-electron chi connectivity index (χ3n) is 2.07. The van der Waals surface area contributed by atoms with Gasteiger partial charge in [-0.1, -0.05) is 18.5 Å². The standard InChI is InChI=1S/C11H15ClN2O2/c1-8(7-16-2)6-14-11(15)9-4-3-5-13-10(9)12/h3-5,8H,6-7H2,1-2H3,(H,14,15). The Labute approximate surface area is 100.0 Å². The number of aromatic nitrogens is 1. The number of amides is 1. The summed E-state index contributed by atoms with van der Waals surface area (Å²) in [5, 5.41) is 3.00. The van der Waals surface area contributed by atoms with Gasteiger partial charge in [0.15, 0.2) is 0 Å². The van der Waals surface area contributed by atoms with Gasteiger partial charge in [0, 0.05) is 19.9 Å². The molecule has 1 rings (SSSR count). The number of hydrogen-bond acceptors (Lipinski definition) is 3. The normalized spacial score (nSPS) is 12.2. The molecule has 1 atom stereocenters. The van der Waals surface area contributed by atoms with Crippen LogP contribution in [0.4, 0.5) is 0 Å². The van der Waals surface area contributed by atoms with Gasteiger partial charge in [0.05, 0.1) is 12.2 Å². The molecule has 1 N–H and O–H groups in total. The molecule has 0 radical (unpaired) electrons. The fourth-order valence-corrected chi connectivity index (χ4v) is 1.47. The first-order valence-electron chi connectivity index (χ1n) is 5.02. The van der Waals surface area contributed by atoms with Crippen LogP contribution in [0.3, 0.4) is 0 Å². The number of ether oxygens (including phenoxy) is 1. The molecule has 1 unspecified atom stereocenters. The molecule has 0 bridgehead atoms. The SMILES string of the molecule is COCC(C)CNC(=O)c1cccnc1Cl. The lowest BCUT2D eigenvalue weighted by Crippen LogP contribution is -2.30. The summed E-state index contributed by atoms with van der Waals surface area (Å²) >= 11 is 5.80. The monoisotopic (exact) mass is 242 g/mol. The van der Waals surface area contributed by atoms with Gasteiger partial charge in [-0.15, -0.1) is 0 Å². The van der Waals surface area contributed by atoms with Crippen LogP contribution < -0.4 is 5.32 Å². The molecule has 16 heavy (non-hydrogen) atoms. The van der Waals surface area contributed by atoms with E-state index in [0.29, 0.717) is 18.7 Å². The third kappa shape index (κ3) is 3.79. The summed E-state index contributed by atoms with van der Waals surface area (Å²) < 4.78 is 4.98. The molecule has 4 nitrogen and oxygen atoms in total. The van der Waals surface area contributed by atoms with Crippen molar-refractivity contribution in [1.29, 1.82) is 0 Å². The molecule has 0 aliphatic carbocycles. The molecule has 1 aromatic heterocycles. The van der Waals surface area contributed by atoms with Crippen molar-refractivity contribution in [3.63, 3.8) is 0 Å². The molecular weight excluding hydrogens is 228 g/mol. The first-order chi connectivity index (χ1) is 7.65. The molecule has 1 aromatic rings. The Morgan fingerprint density at radius 3 is 3.06 bits per heavy atom. The van der Waals surface area contributed by atoms with Crippen molar-refractivity contribution in [1.82, 2.24) is 10.3 Å². The molecule has 1 amide bonds. The number of nitrogens with zero attached hydrogens (tertiary/aromatic N) is 1. The highest BCUT2D eigenvalue weighted by molar-refractivity contribution is 6.32. The van der Waals surface area contributed by atoms with Crippen LogP contribution in [0.2, 0.25) is 5.15 Å². The Bertz CT molecular complexity index is 358. The van der Waals surface area contributed by atoms with E-state index < -0.39 is 0 Å². The number of pyridine rings is 1. The highest BCUT2D eigenvalue weighted by Gasteiger charge is 2.11. The Morgan fingerprint density at radius 1 is 1.69 bits per heavy atom. The van der Waals surface area contributed by atoms with Gasteiger partial charge in [0.25, 0.3) is 5.91 Å². The summed E-state index contributed by atoms with van der Waals surface area (Å²) in [6, 6.07) is 3.32. The molecule has 0 aliphatic heterocycles. The van der Waals surface area contributed by atoms with E-state index in [1.807, 2.05) is 6.92 Å². The van der Waals surface area contributed by atoms with Crippen LogP contribution in [-0.2, 0) is 4.74 Å². The first-order valence-corrected chi connectivity index (χ1v) is 5.40. The van der Waals surface area contributed by atoms with Gasteiger partial charge in [-0.05, 0) is 18.1 Å². The van der Waals surface area contributed by atoms with Crippen molar-refractivity contribution in [3.8, 4) is 0 Å². The average molecular weight is 243 g/mol. The molecule has 0 fully saturated rings. The highest BCUT2D eigenvalue weighted by atomic mass is 35.5. The zero-order chi connectivity index (χ0) is 12.0. The minimum Gasteiger partial charge on any atom is -0.384 e. The molecule has 0 spiro atoms. The fraction of sp³-hybridized carbons (Fsp3) is 0.455. The van der Waals surface area contributed by atoms with Crippen molar-refractivity contribution in [2.75, 3.05) is 20.3 Å². The van der Waals surface area contributed by atoms with Gasteiger partial charge in [-0.3, -0.25) is 4.79 Å². The van der Waals surface area contributed by atoms with Gasteiger partial charge in [-0.2, -0.15) is 0 Å². The number of halogens is 1. The molecular formula is C11H15ClN2O2. The van der Waals surface area contributed by atoms with E-state index in [9.17, 15) is 4.79 Å². The van der Waals surface area contributed by atoms with E-state index in [0.717, 1.165) is 0 Å². The van der Waals surface area contributed by atoms with Gasteiger partial charge in [-0.25, -0.2) is 4.98 Å². The van der Waals surface area contributed by atoms with Crippen molar-refractivity contribution < 1.29 is 9.53 Å². The van der Waals surface area contributed by atoms with E-state index in [2.05, 4.69) is 10.3 Å². The van der Waals surface area contributed by atoms with E-state index >= 15 is 0 Å². The van der Waals surface area contributed by atoms with Crippen LogP contribution in [0.15, 0.2) is 18.3 Å². The first kappa shape index (κ1) is 12.9. The van der Waals surface area contributed by atoms with Crippen LogP contribution in [0.5, 0.6) is 0 Å². The predicted molar refractivity (Wildman–Crippen MR) is 62.6 cm³/mol. The molecule has 0 saturated carbocycles. The number of rotatable bonds is 5. The van der Waals surface area contributed by atoms with Crippen LogP contribution in [0.1, 0.15) is 17.3 Å². The molecule has 0 aromatic carbocycles. The Balaban J connectivity index is 2.50. The van der Waals surface area contributed by atoms with E-state index in [-0.39, 0.29) is 17.0 Å². The number of nitrogens with one attached hydrogen (secondary N) is 1. The van der Waals surface area contributed by atoms with Crippen LogP contribution in [0, 0.1) is 5.92 Å². The minimum atomic E-state index is -0.207. The summed E-state index contributed by atoms with van der Waals surface area (Å²) in [4.78, 5) is 15.5. The Kier molecular flexibility index (Phi) is 5.22. The fourth-order valence-electron chi connectivity index (χ4n) is 1.26. The molecule has 88 valence electrons. The minimum absolute atomic E-state index is 0.207. The van der Waals surface area contributed by atoms with Crippen LogP contribution in [0.25, 0.3) is 0 Å². The van der Waals surface area contributed by atoms with Crippen molar-refractivity contribution in [3.05, 3.63) is 29.0 Å².